The van der Waals surface area contributed by atoms with Crippen LogP contribution in [0.2, 0.25) is 0 Å². The Hall–Kier alpha value is -0.0800. The van der Waals surface area contributed by atoms with Crippen LogP contribution >= 0.6 is 0 Å². The summed E-state index contributed by atoms with van der Waals surface area (Å²) in [5, 5.41) is 10.1. The van der Waals surface area contributed by atoms with Crippen LogP contribution in [0, 0.1) is 0 Å². The average molecular weight is 173 g/mol. The van der Waals surface area contributed by atoms with Crippen molar-refractivity contribution < 1.29 is 9.84 Å². The minimum absolute atomic E-state index is 0.00235. The van der Waals surface area contributed by atoms with Crippen molar-refractivity contribution in [2.45, 2.75) is 52.1 Å². The van der Waals surface area contributed by atoms with Crippen molar-refractivity contribution in [3.05, 3.63) is 0 Å². The summed E-state index contributed by atoms with van der Waals surface area (Å²) in [4.78, 5) is 0. The van der Waals surface area contributed by atoms with Gasteiger partial charge in [-0.15, -0.1) is 0 Å². The lowest BCUT2D eigenvalue weighted by molar-refractivity contribution is -0.0270. The maximum Gasteiger partial charge on any atom is 0.0823 e. The molecule has 0 aliphatic rings. The van der Waals surface area contributed by atoms with Crippen molar-refractivity contribution in [1.82, 2.24) is 0 Å². The Balaban J connectivity index is 3.33. The number of hydrogen-bond donors (Lipinski definition) is 0. The highest BCUT2D eigenvalue weighted by Crippen LogP contribution is 2.16. The highest BCUT2D eigenvalue weighted by atomic mass is 16.5. The zero-order chi connectivity index (χ0) is 9.45. The monoisotopic (exact) mass is 173 g/mol. The fourth-order valence-corrected chi connectivity index (χ4v) is 1.23. The van der Waals surface area contributed by atoms with E-state index in [1.54, 1.807) is 0 Å². The third-order valence-corrected chi connectivity index (χ3v) is 1.88. The summed E-state index contributed by atoms with van der Waals surface area (Å²) in [6.07, 6.45) is 3.87. The lowest BCUT2D eigenvalue weighted by Crippen LogP contribution is -2.24. The van der Waals surface area contributed by atoms with Crippen molar-refractivity contribution in [2.24, 2.45) is 0 Å². The van der Waals surface area contributed by atoms with Gasteiger partial charge < -0.3 is 4.74 Å². The molecule has 0 aliphatic carbocycles. The van der Waals surface area contributed by atoms with Gasteiger partial charge in [0.15, 0.2) is 0 Å². The first-order chi connectivity index (χ1) is 5.62. The number of unbranched alkanes of at least 4 members (excludes halogenated alkanes) is 1. The third kappa shape index (κ3) is 6.62. The zero-order valence-electron chi connectivity index (χ0n) is 8.56. The summed E-state index contributed by atoms with van der Waals surface area (Å²) >= 11 is 0. The van der Waals surface area contributed by atoms with Gasteiger partial charge in [0.1, 0.15) is 0 Å². The molecule has 73 valence electrons. The van der Waals surface area contributed by atoms with Crippen LogP contribution in [-0.2, 0) is 9.84 Å². The van der Waals surface area contributed by atoms with Gasteiger partial charge in [-0.25, -0.2) is 5.11 Å². The van der Waals surface area contributed by atoms with Crippen LogP contribution in [0.1, 0.15) is 46.5 Å². The Labute approximate surface area is 75.9 Å². The molecular formula is C10H21O2. The molecule has 0 N–H and O–H groups in total. The number of rotatable bonds is 7. The van der Waals surface area contributed by atoms with E-state index in [0.29, 0.717) is 0 Å². The molecule has 0 aromatic carbocycles. The first kappa shape index (κ1) is 11.9. The quantitative estimate of drug-likeness (QED) is 0.544. The van der Waals surface area contributed by atoms with E-state index < -0.39 is 0 Å². The molecule has 2 nitrogen and oxygen atoms in total. The Morgan fingerprint density at radius 1 is 1.25 bits per heavy atom. The van der Waals surface area contributed by atoms with Crippen LogP contribution in [-0.4, -0.2) is 18.8 Å². The van der Waals surface area contributed by atoms with Gasteiger partial charge in [-0.2, -0.15) is 0 Å². The predicted octanol–water partition coefficient (Wildman–Crippen LogP) is 2.79. The zero-order valence-corrected chi connectivity index (χ0v) is 8.56. The minimum Gasteiger partial charge on any atom is -0.376 e. The standard InChI is InChI=1S/C10H21O2/c1-4-7-10(2,3)12-9-6-5-8-11/h4-9H2,1-3H3. The van der Waals surface area contributed by atoms with Gasteiger partial charge in [0.25, 0.3) is 0 Å². The first-order valence-electron chi connectivity index (χ1n) is 4.84. The van der Waals surface area contributed by atoms with Crippen LogP contribution in [0.3, 0.4) is 0 Å². The van der Waals surface area contributed by atoms with Crippen molar-refractivity contribution >= 4 is 0 Å². The van der Waals surface area contributed by atoms with E-state index in [4.69, 9.17) is 4.74 Å². The molecule has 0 spiro atoms. The SMILES string of the molecule is CCCC(C)(C)OCCCC[O]. The highest BCUT2D eigenvalue weighted by molar-refractivity contribution is 4.66. The van der Waals surface area contributed by atoms with Crippen LogP contribution in [0.5, 0.6) is 0 Å². The molecule has 0 fully saturated rings. The summed E-state index contributed by atoms with van der Waals surface area (Å²) in [7, 11) is 0. The van der Waals surface area contributed by atoms with E-state index >= 15 is 0 Å². The fourth-order valence-electron chi connectivity index (χ4n) is 1.23. The molecule has 0 bridgehead atoms. The van der Waals surface area contributed by atoms with Gasteiger partial charge in [0.2, 0.25) is 0 Å². The largest absolute Gasteiger partial charge is 0.376 e. The van der Waals surface area contributed by atoms with Crippen LogP contribution in [0.4, 0.5) is 0 Å². The lowest BCUT2D eigenvalue weighted by Gasteiger charge is -2.24. The van der Waals surface area contributed by atoms with Crippen molar-refractivity contribution in [3.8, 4) is 0 Å². The fraction of sp³-hybridized carbons (Fsp3) is 1.00. The molecule has 0 saturated carbocycles. The molecule has 0 aliphatic heterocycles. The highest BCUT2D eigenvalue weighted by Gasteiger charge is 2.15. The Bertz CT molecular complexity index is 100. The van der Waals surface area contributed by atoms with Crippen molar-refractivity contribution in [3.63, 3.8) is 0 Å². The summed E-state index contributed by atoms with van der Waals surface area (Å²) in [6.45, 7) is 7.12. The van der Waals surface area contributed by atoms with Gasteiger partial charge in [-0.3, -0.25) is 0 Å². The van der Waals surface area contributed by atoms with Crippen molar-refractivity contribution in [2.75, 3.05) is 13.2 Å². The molecule has 1 radical (unpaired) electrons. The summed E-state index contributed by atoms with van der Waals surface area (Å²) < 4.78 is 5.63. The molecule has 12 heavy (non-hydrogen) atoms. The minimum atomic E-state index is -0.00235. The second kappa shape index (κ2) is 6.44. The Morgan fingerprint density at radius 3 is 2.42 bits per heavy atom. The molecule has 0 amide bonds. The third-order valence-electron chi connectivity index (χ3n) is 1.88. The second-order valence-corrected chi connectivity index (χ2v) is 3.77. The summed E-state index contributed by atoms with van der Waals surface area (Å²) in [6, 6.07) is 0. The molecule has 0 atom stereocenters. The summed E-state index contributed by atoms with van der Waals surface area (Å²) in [5.41, 5.74) is -0.00235. The first-order valence-corrected chi connectivity index (χ1v) is 4.84. The van der Waals surface area contributed by atoms with Crippen LogP contribution < -0.4 is 0 Å². The lowest BCUT2D eigenvalue weighted by atomic mass is 10.0. The summed E-state index contributed by atoms with van der Waals surface area (Å²) in [5.74, 6) is 0. The molecule has 0 aromatic rings. The Kier molecular flexibility index (Phi) is 6.39. The molecule has 0 aromatic heterocycles. The van der Waals surface area contributed by atoms with Crippen LogP contribution in [0.15, 0.2) is 0 Å². The molecule has 0 heterocycles. The van der Waals surface area contributed by atoms with E-state index in [2.05, 4.69) is 20.8 Å². The van der Waals surface area contributed by atoms with Crippen LogP contribution in [0.25, 0.3) is 0 Å². The molecule has 0 unspecified atom stereocenters. The van der Waals surface area contributed by atoms with E-state index in [0.717, 1.165) is 32.3 Å². The second-order valence-electron chi connectivity index (χ2n) is 3.77. The average Bonchev–Trinajstić information content (AvgIpc) is 1.98. The molecular weight excluding hydrogens is 152 g/mol. The predicted molar refractivity (Wildman–Crippen MR) is 49.7 cm³/mol. The van der Waals surface area contributed by atoms with E-state index in [1.165, 1.54) is 0 Å². The van der Waals surface area contributed by atoms with Gasteiger partial charge in [-0.05, 0) is 33.1 Å². The van der Waals surface area contributed by atoms with Gasteiger partial charge in [0, 0.05) is 6.61 Å². The maximum atomic E-state index is 10.1. The Morgan fingerprint density at radius 2 is 1.92 bits per heavy atom. The normalized spacial score (nSPS) is 12.0. The molecule has 0 saturated heterocycles. The van der Waals surface area contributed by atoms with E-state index in [-0.39, 0.29) is 12.2 Å². The molecule has 2 heteroatoms. The van der Waals surface area contributed by atoms with Gasteiger partial charge in [-0.1, -0.05) is 13.3 Å². The van der Waals surface area contributed by atoms with E-state index in [1.807, 2.05) is 0 Å². The maximum absolute atomic E-state index is 10.1. The molecule has 0 rings (SSSR count). The number of hydrogen-bond acceptors (Lipinski definition) is 1. The number of ether oxygens (including phenoxy) is 1. The smallest absolute Gasteiger partial charge is 0.0823 e. The van der Waals surface area contributed by atoms with Crippen molar-refractivity contribution in [1.29, 1.82) is 0 Å². The van der Waals surface area contributed by atoms with Gasteiger partial charge >= 0.3 is 0 Å². The van der Waals surface area contributed by atoms with E-state index in [9.17, 15) is 5.11 Å². The van der Waals surface area contributed by atoms with Gasteiger partial charge in [0.05, 0.1) is 12.2 Å². The topological polar surface area (TPSA) is 29.1 Å².